The molecule has 0 spiro atoms. The van der Waals surface area contributed by atoms with Crippen molar-refractivity contribution in [3.05, 3.63) is 71.6 Å². The van der Waals surface area contributed by atoms with E-state index in [0.717, 1.165) is 18.2 Å². The van der Waals surface area contributed by atoms with Gasteiger partial charge in [0, 0.05) is 5.56 Å². The monoisotopic (exact) mass is 344 g/mol. The number of tetrazole rings is 1. The fourth-order valence-corrected chi connectivity index (χ4v) is 1.97. The van der Waals surface area contributed by atoms with Gasteiger partial charge in [-0.15, -0.1) is 5.10 Å². The summed E-state index contributed by atoms with van der Waals surface area (Å²) in [7, 11) is 0. The summed E-state index contributed by atoms with van der Waals surface area (Å²) < 4.78 is 28.0. The molecule has 10 heteroatoms. The minimum atomic E-state index is -0.976. The molecule has 2 aromatic carbocycles. The van der Waals surface area contributed by atoms with Crippen LogP contribution >= 0.6 is 0 Å². The standard InChI is InChI=1S/C15H10F2N6O2/c16-10-3-6-13(17)12(7-10)15(25)20-19-14(24)9-1-4-11(5-2-9)23-8-18-21-22-23/h1-8H,(H,19,24)(H,20,25). The highest BCUT2D eigenvalue weighted by molar-refractivity contribution is 5.99. The first-order valence-corrected chi connectivity index (χ1v) is 6.94. The molecular weight excluding hydrogens is 334 g/mol. The minimum Gasteiger partial charge on any atom is -0.267 e. The molecule has 0 saturated heterocycles. The van der Waals surface area contributed by atoms with E-state index in [-0.39, 0.29) is 5.56 Å². The lowest BCUT2D eigenvalue weighted by molar-refractivity contribution is 0.0844. The minimum absolute atomic E-state index is 0.233. The van der Waals surface area contributed by atoms with Crippen LogP contribution in [-0.4, -0.2) is 32.0 Å². The lowest BCUT2D eigenvalue weighted by Crippen LogP contribution is -2.42. The molecule has 0 radical (unpaired) electrons. The number of rotatable bonds is 3. The van der Waals surface area contributed by atoms with E-state index in [0.29, 0.717) is 5.69 Å². The third-order valence-corrected chi connectivity index (χ3v) is 3.21. The second kappa shape index (κ2) is 6.83. The van der Waals surface area contributed by atoms with Gasteiger partial charge in [0.15, 0.2) is 0 Å². The highest BCUT2D eigenvalue weighted by Gasteiger charge is 2.14. The molecule has 3 rings (SSSR count). The number of hydrogen-bond acceptors (Lipinski definition) is 5. The van der Waals surface area contributed by atoms with Gasteiger partial charge in [0.1, 0.15) is 18.0 Å². The van der Waals surface area contributed by atoms with Crippen molar-refractivity contribution < 1.29 is 18.4 Å². The van der Waals surface area contributed by atoms with Crippen LogP contribution in [0.2, 0.25) is 0 Å². The van der Waals surface area contributed by atoms with Crippen molar-refractivity contribution in [2.24, 2.45) is 0 Å². The Morgan fingerprint density at radius 2 is 1.68 bits per heavy atom. The predicted octanol–water partition coefficient (Wildman–Crippen LogP) is 1.02. The highest BCUT2D eigenvalue weighted by Crippen LogP contribution is 2.10. The fourth-order valence-electron chi connectivity index (χ4n) is 1.97. The van der Waals surface area contributed by atoms with Gasteiger partial charge < -0.3 is 0 Å². The van der Waals surface area contributed by atoms with E-state index < -0.39 is 29.0 Å². The fraction of sp³-hybridized carbons (Fsp3) is 0. The Morgan fingerprint density at radius 1 is 0.960 bits per heavy atom. The molecule has 1 aromatic heterocycles. The van der Waals surface area contributed by atoms with Gasteiger partial charge in [0.25, 0.3) is 11.8 Å². The highest BCUT2D eigenvalue weighted by atomic mass is 19.1. The molecule has 0 atom stereocenters. The van der Waals surface area contributed by atoms with Crippen molar-refractivity contribution >= 4 is 11.8 Å². The van der Waals surface area contributed by atoms with E-state index in [2.05, 4.69) is 21.0 Å². The van der Waals surface area contributed by atoms with Gasteiger partial charge in [0.2, 0.25) is 0 Å². The Hall–Kier alpha value is -3.69. The lowest BCUT2D eigenvalue weighted by atomic mass is 10.2. The van der Waals surface area contributed by atoms with Crippen LogP contribution in [0.4, 0.5) is 8.78 Å². The zero-order valence-corrected chi connectivity index (χ0v) is 12.5. The van der Waals surface area contributed by atoms with Crippen LogP contribution in [0.5, 0.6) is 0 Å². The summed E-state index contributed by atoms with van der Waals surface area (Å²) in [4.78, 5) is 23.8. The smallest absolute Gasteiger partial charge is 0.267 e. The van der Waals surface area contributed by atoms with Gasteiger partial charge in [-0.3, -0.25) is 20.4 Å². The van der Waals surface area contributed by atoms with E-state index in [1.54, 1.807) is 12.1 Å². The second-order valence-electron chi connectivity index (χ2n) is 4.83. The van der Waals surface area contributed by atoms with E-state index in [1.807, 2.05) is 5.43 Å². The van der Waals surface area contributed by atoms with Gasteiger partial charge in [0.05, 0.1) is 11.3 Å². The predicted molar refractivity (Wildman–Crippen MR) is 80.4 cm³/mol. The number of hydrazine groups is 1. The molecule has 0 unspecified atom stereocenters. The van der Waals surface area contributed by atoms with Gasteiger partial charge in [-0.25, -0.2) is 13.5 Å². The SMILES string of the molecule is O=C(NNC(=O)c1cc(F)ccc1F)c1ccc(-n2cnnn2)cc1. The number of carbonyl (C=O) groups excluding carboxylic acids is 2. The largest absolute Gasteiger partial charge is 0.272 e. The van der Waals surface area contributed by atoms with Crippen molar-refractivity contribution in [2.75, 3.05) is 0 Å². The molecule has 126 valence electrons. The van der Waals surface area contributed by atoms with Crippen LogP contribution in [0, 0.1) is 11.6 Å². The number of carbonyl (C=O) groups is 2. The van der Waals surface area contributed by atoms with Gasteiger partial charge in [-0.2, -0.15) is 0 Å². The van der Waals surface area contributed by atoms with Gasteiger partial charge in [-0.1, -0.05) is 0 Å². The summed E-state index contributed by atoms with van der Waals surface area (Å²) in [6.07, 6.45) is 1.39. The summed E-state index contributed by atoms with van der Waals surface area (Å²) in [6, 6.07) is 8.61. The maximum absolute atomic E-state index is 13.5. The molecule has 2 amide bonds. The van der Waals surface area contributed by atoms with Crippen molar-refractivity contribution in [3.8, 4) is 5.69 Å². The third-order valence-electron chi connectivity index (χ3n) is 3.21. The molecule has 0 fully saturated rings. The Balaban J connectivity index is 1.64. The van der Waals surface area contributed by atoms with Gasteiger partial charge >= 0.3 is 0 Å². The van der Waals surface area contributed by atoms with E-state index in [4.69, 9.17) is 0 Å². The molecule has 0 aliphatic rings. The van der Waals surface area contributed by atoms with Crippen LogP contribution in [0.3, 0.4) is 0 Å². The number of nitrogens with one attached hydrogen (secondary N) is 2. The number of aromatic nitrogens is 4. The maximum Gasteiger partial charge on any atom is 0.272 e. The van der Waals surface area contributed by atoms with Gasteiger partial charge in [-0.05, 0) is 52.9 Å². The number of benzene rings is 2. The first kappa shape index (κ1) is 16.2. The van der Waals surface area contributed by atoms with Crippen molar-refractivity contribution in [1.82, 2.24) is 31.1 Å². The number of hydrogen-bond donors (Lipinski definition) is 2. The Morgan fingerprint density at radius 3 is 2.36 bits per heavy atom. The van der Waals surface area contributed by atoms with Crippen LogP contribution in [0.1, 0.15) is 20.7 Å². The summed E-state index contributed by atoms with van der Waals surface area (Å²) in [6.45, 7) is 0. The quantitative estimate of drug-likeness (QED) is 0.691. The average Bonchev–Trinajstić information content (AvgIpc) is 3.16. The molecule has 3 aromatic rings. The molecular formula is C15H10F2N6O2. The molecule has 25 heavy (non-hydrogen) atoms. The molecule has 1 heterocycles. The Bertz CT molecular complexity index is 912. The average molecular weight is 344 g/mol. The molecule has 0 saturated carbocycles. The topological polar surface area (TPSA) is 102 Å². The zero-order valence-electron chi connectivity index (χ0n) is 12.5. The van der Waals surface area contributed by atoms with Crippen LogP contribution in [-0.2, 0) is 0 Å². The van der Waals surface area contributed by atoms with Crippen molar-refractivity contribution in [1.29, 1.82) is 0 Å². The van der Waals surface area contributed by atoms with Crippen LogP contribution < -0.4 is 10.9 Å². The van der Waals surface area contributed by atoms with Crippen molar-refractivity contribution in [3.63, 3.8) is 0 Å². The van der Waals surface area contributed by atoms with E-state index >= 15 is 0 Å². The van der Waals surface area contributed by atoms with Crippen molar-refractivity contribution in [2.45, 2.75) is 0 Å². The van der Waals surface area contributed by atoms with E-state index in [1.165, 1.54) is 23.1 Å². The molecule has 2 N–H and O–H groups in total. The first-order chi connectivity index (χ1) is 12.0. The zero-order chi connectivity index (χ0) is 17.8. The summed E-state index contributed by atoms with van der Waals surface area (Å²) >= 11 is 0. The molecule has 8 nitrogen and oxygen atoms in total. The molecule has 0 aliphatic heterocycles. The van der Waals surface area contributed by atoms with Crippen LogP contribution in [0.15, 0.2) is 48.8 Å². The third kappa shape index (κ3) is 3.63. The summed E-state index contributed by atoms with van der Waals surface area (Å²) in [5.74, 6) is -3.28. The second-order valence-corrected chi connectivity index (χ2v) is 4.83. The number of nitrogens with zero attached hydrogens (tertiary/aromatic N) is 4. The summed E-state index contributed by atoms with van der Waals surface area (Å²) in [5, 5.41) is 10.7. The van der Waals surface area contributed by atoms with E-state index in [9.17, 15) is 18.4 Å². The Labute approximate surface area is 139 Å². The molecule has 0 bridgehead atoms. The lowest BCUT2D eigenvalue weighted by Gasteiger charge is -2.08. The molecule has 0 aliphatic carbocycles. The Kier molecular flexibility index (Phi) is 4.42. The maximum atomic E-state index is 13.5. The van der Waals surface area contributed by atoms with Crippen LogP contribution in [0.25, 0.3) is 5.69 Å². The number of amides is 2. The normalized spacial score (nSPS) is 10.3. The number of halogens is 2. The summed E-state index contributed by atoms with van der Waals surface area (Å²) in [5.41, 5.74) is 4.49. The first-order valence-electron chi connectivity index (χ1n) is 6.94.